The lowest BCUT2D eigenvalue weighted by atomic mass is 10.1. The molecule has 0 unspecified atom stereocenters. The van der Waals surface area contributed by atoms with Crippen molar-refractivity contribution in [3.8, 4) is 0 Å². The number of hydrogen-bond acceptors (Lipinski definition) is 3. The van der Waals surface area contributed by atoms with E-state index in [-0.39, 0.29) is 16.7 Å². The number of hydrogen-bond donors (Lipinski definition) is 1. The number of nitro groups is 1. The zero-order valence-corrected chi connectivity index (χ0v) is 9.28. The Bertz CT molecular complexity index is 364. The zero-order valence-electron chi connectivity index (χ0n) is 9.28. The Hall–Kier alpha value is -1.58. The predicted molar refractivity (Wildman–Crippen MR) is 61.2 cm³/mol. The van der Waals surface area contributed by atoms with Gasteiger partial charge in [0.1, 0.15) is 5.69 Å². The van der Waals surface area contributed by atoms with E-state index in [2.05, 4.69) is 5.32 Å². The van der Waals surface area contributed by atoms with Gasteiger partial charge in [-0.2, -0.15) is 0 Å². The fraction of sp³-hybridized carbons (Fsp3) is 0.455. The van der Waals surface area contributed by atoms with Gasteiger partial charge in [-0.05, 0) is 31.9 Å². The molecule has 0 spiro atoms. The SMILES string of the molecule is CC[C@H](C)Nc1cc(C)ccc1[N+](=O)[O-]. The van der Waals surface area contributed by atoms with Crippen LogP contribution in [-0.4, -0.2) is 11.0 Å². The van der Waals surface area contributed by atoms with E-state index < -0.39 is 0 Å². The number of anilines is 1. The van der Waals surface area contributed by atoms with Gasteiger partial charge in [0.25, 0.3) is 5.69 Å². The quantitative estimate of drug-likeness (QED) is 0.611. The fourth-order valence-electron chi connectivity index (χ4n) is 1.29. The first kappa shape index (κ1) is 11.5. The van der Waals surface area contributed by atoms with Gasteiger partial charge >= 0.3 is 0 Å². The van der Waals surface area contributed by atoms with E-state index in [1.165, 1.54) is 0 Å². The molecule has 0 saturated heterocycles. The van der Waals surface area contributed by atoms with Crippen molar-refractivity contribution in [2.75, 3.05) is 5.32 Å². The Morgan fingerprint density at radius 1 is 1.53 bits per heavy atom. The highest BCUT2D eigenvalue weighted by Crippen LogP contribution is 2.26. The van der Waals surface area contributed by atoms with Crippen molar-refractivity contribution in [1.29, 1.82) is 0 Å². The molecular weight excluding hydrogens is 192 g/mol. The Morgan fingerprint density at radius 3 is 2.73 bits per heavy atom. The number of nitrogens with zero attached hydrogens (tertiary/aromatic N) is 1. The standard InChI is InChI=1S/C11H16N2O2/c1-4-9(3)12-10-7-8(2)5-6-11(10)13(14)15/h5-7,9,12H,4H2,1-3H3/t9-/m0/s1. The minimum Gasteiger partial charge on any atom is -0.377 e. The molecule has 4 nitrogen and oxygen atoms in total. The average Bonchev–Trinajstić information content (AvgIpc) is 2.17. The monoisotopic (exact) mass is 208 g/mol. The normalized spacial score (nSPS) is 12.2. The van der Waals surface area contributed by atoms with E-state index in [0.29, 0.717) is 5.69 Å². The van der Waals surface area contributed by atoms with E-state index in [4.69, 9.17) is 0 Å². The van der Waals surface area contributed by atoms with Crippen LogP contribution in [0.4, 0.5) is 11.4 Å². The van der Waals surface area contributed by atoms with E-state index >= 15 is 0 Å². The maximum atomic E-state index is 10.8. The molecule has 82 valence electrons. The Morgan fingerprint density at radius 2 is 2.20 bits per heavy atom. The van der Waals surface area contributed by atoms with Crippen molar-refractivity contribution in [2.24, 2.45) is 0 Å². The summed E-state index contributed by atoms with van der Waals surface area (Å²) in [5.41, 5.74) is 1.77. The number of aryl methyl sites for hydroxylation is 1. The van der Waals surface area contributed by atoms with Crippen molar-refractivity contribution in [3.05, 3.63) is 33.9 Å². The molecule has 1 rings (SSSR count). The molecule has 4 heteroatoms. The van der Waals surface area contributed by atoms with Crippen molar-refractivity contribution in [3.63, 3.8) is 0 Å². The number of nitrogens with one attached hydrogen (secondary N) is 1. The highest BCUT2D eigenvalue weighted by Gasteiger charge is 2.14. The fourth-order valence-corrected chi connectivity index (χ4v) is 1.29. The maximum Gasteiger partial charge on any atom is 0.292 e. The molecule has 1 N–H and O–H groups in total. The average molecular weight is 208 g/mol. The summed E-state index contributed by atoms with van der Waals surface area (Å²) in [7, 11) is 0. The van der Waals surface area contributed by atoms with Gasteiger partial charge in [0.2, 0.25) is 0 Å². The second-order valence-corrected chi connectivity index (χ2v) is 3.73. The van der Waals surface area contributed by atoms with Crippen molar-refractivity contribution in [1.82, 2.24) is 0 Å². The Kier molecular flexibility index (Phi) is 3.66. The summed E-state index contributed by atoms with van der Waals surface area (Å²) >= 11 is 0. The van der Waals surface area contributed by atoms with Crippen LogP contribution in [0.2, 0.25) is 0 Å². The molecule has 15 heavy (non-hydrogen) atoms. The van der Waals surface area contributed by atoms with Crippen LogP contribution in [0, 0.1) is 17.0 Å². The van der Waals surface area contributed by atoms with Crippen LogP contribution in [0.25, 0.3) is 0 Å². The third kappa shape index (κ3) is 2.94. The van der Waals surface area contributed by atoms with Crippen LogP contribution in [0.5, 0.6) is 0 Å². The van der Waals surface area contributed by atoms with Gasteiger partial charge in [0.15, 0.2) is 0 Å². The lowest BCUT2D eigenvalue weighted by molar-refractivity contribution is -0.384. The molecule has 0 aliphatic carbocycles. The molecule has 0 fully saturated rings. The van der Waals surface area contributed by atoms with Crippen molar-refractivity contribution in [2.45, 2.75) is 33.2 Å². The minimum absolute atomic E-state index is 0.140. The van der Waals surface area contributed by atoms with E-state index in [1.807, 2.05) is 26.8 Å². The first-order valence-corrected chi connectivity index (χ1v) is 5.06. The van der Waals surface area contributed by atoms with Crippen molar-refractivity contribution >= 4 is 11.4 Å². The van der Waals surface area contributed by atoms with Gasteiger partial charge in [-0.25, -0.2) is 0 Å². The largest absolute Gasteiger partial charge is 0.377 e. The summed E-state index contributed by atoms with van der Waals surface area (Å²) < 4.78 is 0. The van der Waals surface area contributed by atoms with E-state index in [0.717, 1.165) is 12.0 Å². The van der Waals surface area contributed by atoms with Gasteiger partial charge < -0.3 is 5.32 Å². The van der Waals surface area contributed by atoms with Crippen LogP contribution in [0.15, 0.2) is 18.2 Å². The van der Waals surface area contributed by atoms with Crippen LogP contribution < -0.4 is 5.32 Å². The Labute approximate surface area is 89.5 Å². The molecule has 1 aromatic carbocycles. The van der Waals surface area contributed by atoms with Crippen molar-refractivity contribution < 1.29 is 4.92 Å². The van der Waals surface area contributed by atoms with Gasteiger partial charge in [-0.15, -0.1) is 0 Å². The van der Waals surface area contributed by atoms with Gasteiger partial charge in [0.05, 0.1) is 4.92 Å². The summed E-state index contributed by atoms with van der Waals surface area (Å²) in [6.07, 6.45) is 0.936. The molecular formula is C11H16N2O2. The lowest BCUT2D eigenvalue weighted by Gasteiger charge is -2.13. The molecule has 0 amide bonds. The number of benzene rings is 1. The van der Waals surface area contributed by atoms with Crippen LogP contribution in [-0.2, 0) is 0 Å². The number of nitro benzene ring substituents is 1. The summed E-state index contributed by atoms with van der Waals surface area (Å²) in [5, 5.41) is 13.9. The molecule has 0 heterocycles. The van der Waals surface area contributed by atoms with Crippen LogP contribution in [0.1, 0.15) is 25.8 Å². The second-order valence-electron chi connectivity index (χ2n) is 3.73. The van der Waals surface area contributed by atoms with Crippen LogP contribution >= 0.6 is 0 Å². The first-order valence-electron chi connectivity index (χ1n) is 5.06. The van der Waals surface area contributed by atoms with E-state index in [9.17, 15) is 10.1 Å². The van der Waals surface area contributed by atoms with Gasteiger partial charge in [-0.3, -0.25) is 10.1 Å². The zero-order chi connectivity index (χ0) is 11.4. The maximum absolute atomic E-state index is 10.8. The first-order chi connectivity index (χ1) is 7.04. The molecule has 0 bridgehead atoms. The Balaban J connectivity index is 3.02. The second kappa shape index (κ2) is 4.77. The molecule has 0 aromatic heterocycles. The molecule has 0 aliphatic heterocycles. The minimum atomic E-state index is -0.357. The third-order valence-electron chi connectivity index (χ3n) is 2.36. The predicted octanol–water partition coefficient (Wildman–Crippen LogP) is 3.11. The summed E-state index contributed by atoms with van der Waals surface area (Å²) in [4.78, 5) is 10.4. The summed E-state index contributed by atoms with van der Waals surface area (Å²) in [5.74, 6) is 0. The van der Waals surface area contributed by atoms with Crippen LogP contribution in [0.3, 0.4) is 0 Å². The molecule has 0 saturated carbocycles. The summed E-state index contributed by atoms with van der Waals surface area (Å²) in [6.45, 7) is 5.97. The number of rotatable bonds is 4. The summed E-state index contributed by atoms with van der Waals surface area (Å²) in [6, 6.07) is 5.34. The molecule has 1 atom stereocenters. The van der Waals surface area contributed by atoms with E-state index in [1.54, 1.807) is 12.1 Å². The molecule has 0 aliphatic rings. The van der Waals surface area contributed by atoms with Gasteiger partial charge in [-0.1, -0.05) is 13.0 Å². The topological polar surface area (TPSA) is 55.2 Å². The lowest BCUT2D eigenvalue weighted by Crippen LogP contribution is -2.14. The highest BCUT2D eigenvalue weighted by molar-refractivity contribution is 5.63. The van der Waals surface area contributed by atoms with Gasteiger partial charge in [0, 0.05) is 12.1 Å². The molecule has 1 aromatic rings. The third-order valence-corrected chi connectivity index (χ3v) is 2.36. The highest BCUT2D eigenvalue weighted by atomic mass is 16.6. The molecule has 0 radical (unpaired) electrons. The smallest absolute Gasteiger partial charge is 0.292 e.